The van der Waals surface area contributed by atoms with Gasteiger partial charge in [0.25, 0.3) is 5.56 Å². The van der Waals surface area contributed by atoms with Crippen LogP contribution in [0.25, 0.3) is 27.6 Å². The molecule has 92 valence electrons. The highest BCUT2D eigenvalue weighted by molar-refractivity contribution is 5.88. The number of hydrogen-bond donors (Lipinski definition) is 0. The highest BCUT2D eigenvalue weighted by Crippen LogP contribution is 2.22. The normalized spacial score (nSPS) is 11.6. The van der Waals surface area contributed by atoms with Gasteiger partial charge in [0.15, 0.2) is 5.58 Å². The quantitative estimate of drug-likeness (QED) is 0.478. The second-order valence-corrected chi connectivity index (χ2v) is 4.78. The van der Waals surface area contributed by atoms with E-state index in [0.29, 0.717) is 11.1 Å². The van der Waals surface area contributed by atoms with E-state index in [9.17, 15) is 4.79 Å². The zero-order valence-electron chi connectivity index (χ0n) is 10.4. The molecule has 0 fully saturated rings. The number of nitrogens with zero attached hydrogens (tertiary/aromatic N) is 1. The Kier molecular flexibility index (Phi) is 1.90. The van der Waals surface area contributed by atoms with E-state index in [4.69, 9.17) is 4.42 Å². The second kappa shape index (κ2) is 3.48. The molecule has 19 heavy (non-hydrogen) atoms. The zero-order valence-corrected chi connectivity index (χ0v) is 10.4. The molecular formula is C16H11NO2. The van der Waals surface area contributed by atoms with Crippen LogP contribution in [0.5, 0.6) is 0 Å². The number of benzene rings is 2. The summed E-state index contributed by atoms with van der Waals surface area (Å²) in [6.07, 6.45) is 0. The summed E-state index contributed by atoms with van der Waals surface area (Å²) in [5.74, 6) is 0. The molecule has 3 heteroatoms. The summed E-state index contributed by atoms with van der Waals surface area (Å²) in [4.78, 5) is 12.6. The van der Waals surface area contributed by atoms with Gasteiger partial charge >= 0.3 is 0 Å². The van der Waals surface area contributed by atoms with Crippen LogP contribution in [0.4, 0.5) is 0 Å². The van der Waals surface area contributed by atoms with Crippen LogP contribution in [0.15, 0.2) is 57.7 Å². The molecule has 0 unspecified atom stereocenters. The molecule has 4 aromatic rings. The first-order valence-corrected chi connectivity index (χ1v) is 6.18. The van der Waals surface area contributed by atoms with Gasteiger partial charge in [0.1, 0.15) is 0 Å². The van der Waals surface area contributed by atoms with Crippen molar-refractivity contribution in [2.45, 2.75) is 6.92 Å². The van der Waals surface area contributed by atoms with Crippen molar-refractivity contribution >= 4 is 27.6 Å². The maximum atomic E-state index is 12.6. The van der Waals surface area contributed by atoms with Crippen LogP contribution in [0.1, 0.15) is 5.56 Å². The predicted octanol–water partition coefficient (Wildman–Crippen LogP) is 3.51. The van der Waals surface area contributed by atoms with Crippen LogP contribution in [0.2, 0.25) is 0 Å². The summed E-state index contributed by atoms with van der Waals surface area (Å²) in [5, 5.41) is 1.62. The number of hydrogen-bond acceptors (Lipinski definition) is 2. The Morgan fingerprint density at radius 2 is 1.89 bits per heavy atom. The third kappa shape index (κ3) is 1.35. The molecule has 0 saturated heterocycles. The van der Waals surface area contributed by atoms with E-state index in [1.54, 1.807) is 4.40 Å². The van der Waals surface area contributed by atoms with Gasteiger partial charge in [-0.1, -0.05) is 24.3 Å². The number of pyridine rings is 1. The van der Waals surface area contributed by atoms with Gasteiger partial charge < -0.3 is 4.42 Å². The number of fused-ring (bicyclic) bond motifs is 4. The van der Waals surface area contributed by atoms with Gasteiger partial charge in [-0.3, -0.25) is 4.79 Å². The van der Waals surface area contributed by atoms with Crippen LogP contribution in [-0.4, -0.2) is 4.40 Å². The standard InChI is InChI=1S/C16H11NO2/c1-10-6-7-13-14(8-10)19-15-9-11-4-2-3-5-12(11)16(18)17(13)15/h2-9H,1H3. The van der Waals surface area contributed by atoms with Crippen LogP contribution in [0, 0.1) is 6.92 Å². The fourth-order valence-electron chi connectivity index (χ4n) is 2.54. The van der Waals surface area contributed by atoms with Gasteiger partial charge in [0, 0.05) is 11.5 Å². The molecule has 4 rings (SSSR count). The predicted molar refractivity (Wildman–Crippen MR) is 75.7 cm³/mol. The zero-order chi connectivity index (χ0) is 13.0. The molecule has 0 amide bonds. The highest BCUT2D eigenvalue weighted by atomic mass is 16.3. The Labute approximate surface area is 108 Å². The first-order valence-electron chi connectivity index (χ1n) is 6.18. The minimum Gasteiger partial charge on any atom is -0.438 e. The number of oxazole rings is 1. The minimum atomic E-state index is -0.0318. The second-order valence-electron chi connectivity index (χ2n) is 4.78. The molecule has 2 aromatic heterocycles. The molecule has 0 atom stereocenters. The maximum absolute atomic E-state index is 12.6. The van der Waals surface area contributed by atoms with Gasteiger partial charge in [0.2, 0.25) is 5.71 Å². The lowest BCUT2D eigenvalue weighted by atomic mass is 10.2. The summed E-state index contributed by atoms with van der Waals surface area (Å²) in [6.45, 7) is 2.01. The first-order chi connectivity index (χ1) is 9.24. The molecule has 0 radical (unpaired) electrons. The topological polar surface area (TPSA) is 34.6 Å². The van der Waals surface area contributed by atoms with E-state index >= 15 is 0 Å². The summed E-state index contributed by atoms with van der Waals surface area (Å²) in [6, 6.07) is 15.3. The Morgan fingerprint density at radius 3 is 2.79 bits per heavy atom. The lowest BCUT2D eigenvalue weighted by molar-refractivity contribution is 0.653. The fourth-order valence-corrected chi connectivity index (χ4v) is 2.54. The van der Waals surface area contributed by atoms with Gasteiger partial charge in [-0.2, -0.15) is 0 Å². The molecule has 3 nitrogen and oxygen atoms in total. The molecule has 2 aromatic carbocycles. The van der Waals surface area contributed by atoms with Crippen molar-refractivity contribution in [3.63, 3.8) is 0 Å². The van der Waals surface area contributed by atoms with Crippen LogP contribution < -0.4 is 5.56 Å². The maximum Gasteiger partial charge on any atom is 0.265 e. The van der Waals surface area contributed by atoms with Crippen molar-refractivity contribution in [1.82, 2.24) is 4.40 Å². The molecule has 0 aliphatic rings. The SMILES string of the molecule is Cc1ccc2c(c1)oc1cc3ccccc3c(=O)n12. The Morgan fingerprint density at radius 1 is 1.05 bits per heavy atom. The first kappa shape index (κ1) is 10.4. The van der Waals surface area contributed by atoms with E-state index in [2.05, 4.69) is 0 Å². The lowest BCUT2D eigenvalue weighted by Crippen LogP contribution is -2.11. The third-order valence-electron chi connectivity index (χ3n) is 3.46. The van der Waals surface area contributed by atoms with Crippen molar-refractivity contribution in [2.24, 2.45) is 0 Å². The highest BCUT2D eigenvalue weighted by Gasteiger charge is 2.10. The van der Waals surface area contributed by atoms with Crippen LogP contribution >= 0.6 is 0 Å². The monoisotopic (exact) mass is 249 g/mol. The van der Waals surface area contributed by atoms with E-state index in [-0.39, 0.29) is 5.56 Å². The lowest BCUT2D eigenvalue weighted by Gasteiger charge is -1.98. The smallest absolute Gasteiger partial charge is 0.265 e. The molecule has 0 bridgehead atoms. The Balaban J connectivity index is 2.33. The van der Waals surface area contributed by atoms with E-state index in [0.717, 1.165) is 22.0 Å². The molecule has 0 aliphatic heterocycles. The average molecular weight is 249 g/mol. The van der Waals surface area contributed by atoms with Gasteiger partial charge in [-0.25, -0.2) is 4.40 Å². The van der Waals surface area contributed by atoms with Gasteiger partial charge in [-0.15, -0.1) is 0 Å². The molecule has 0 N–H and O–H groups in total. The van der Waals surface area contributed by atoms with Gasteiger partial charge in [0.05, 0.1) is 5.52 Å². The number of aromatic nitrogens is 1. The molecule has 0 saturated carbocycles. The van der Waals surface area contributed by atoms with Crippen molar-refractivity contribution in [2.75, 3.05) is 0 Å². The third-order valence-corrected chi connectivity index (χ3v) is 3.46. The molecule has 2 heterocycles. The van der Waals surface area contributed by atoms with Crippen molar-refractivity contribution in [3.8, 4) is 0 Å². The molecular weight excluding hydrogens is 238 g/mol. The molecule has 0 aliphatic carbocycles. The minimum absolute atomic E-state index is 0.0318. The average Bonchev–Trinajstić information content (AvgIpc) is 2.76. The van der Waals surface area contributed by atoms with Crippen LogP contribution in [0.3, 0.4) is 0 Å². The van der Waals surface area contributed by atoms with Crippen molar-refractivity contribution in [3.05, 3.63) is 64.4 Å². The van der Waals surface area contributed by atoms with Gasteiger partial charge in [-0.05, 0) is 36.1 Å². The summed E-state index contributed by atoms with van der Waals surface area (Å²) >= 11 is 0. The van der Waals surface area contributed by atoms with Crippen molar-refractivity contribution in [1.29, 1.82) is 0 Å². The summed E-state index contributed by atoms with van der Waals surface area (Å²) in [5.41, 5.74) is 3.23. The summed E-state index contributed by atoms with van der Waals surface area (Å²) < 4.78 is 7.42. The Bertz CT molecular complexity index is 992. The summed E-state index contributed by atoms with van der Waals surface area (Å²) in [7, 11) is 0. The van der Waals surface area contributed by atoms with Crippen LogP contribution in [-0.2, 0) is 0 Å². The fraction of sp³-hybridized carbons (Fsp3) is 0.0625. The van der Waals surface area contributed by atoms with E-state index in [1.165, 1.54) is 0 Å². The molecule has 0 spiro atoms. The largest absolute Gasteiger partial charge is 0.438 e. The Hall–Kier alpha value is -2.55. The number of aryl methyl sites for hydroxylation is 1. The van der Waals surface area contributed by atoms with E-state index < -0.39 is 0 Å². The van der Waals surface area contributed by atoms with E-state index in [1.807, 2.05) is 55.5 Å². The van der Waals surface area contributed by atoms with Crippen molar-refractivity contribution < 1.29 is 4.42 Å². The number of rotatable bonds is 0.